The minimum Gasteiger partial charge on any atom is -0.444 e. The van der Waals surface area contributed by atoms with Crippen LogP contribution in [0.4, 0.5) is 18.0 Å². The summed E-state index contributed by atoms with van der Waals surface area (Å²) >= 11 is 0. The molecule has 23 heavy (non-hydrogen) atoms. The van der Waals surface area contributed by atoms with Gasteiger partial charge in [0.05, 0.1) is 11.6 Å². The zero-order valence-electron chi connectivity index (χ0n) is 13.4. The number of hydrogen-bond donors (Lipinski definition) is 1. The molecule has 1 aliphatic heterocycles. The molecule has 1 fully saturated rings. The van der Waals surface area contributed by atoms with Gasteiger partial charge in [0.25, 0.3) is 0 Å². The number of carbonyl (C=O) groups is 1. The second kappa shape index (κ2) is 6.39. The molecule has 2 rings (SSSR count). The molecule has 1 N–H and O–H groups in total. The number of halogens is 3. The fourth-order valence-electron chi connectivity index (χ4n) is 2.37. The predicted octanol–water partition coefficient (Wildman–Crippen LogP) is 3.59. The predicted molar refractivity (Wildman–Crippen MR) is 80.0 cm³/mol. The van der Waals surface area contributed by atoms with E-state index in [1.54, 1.807) is 25.7 Å². The average molecular weight is 330 g/mol. The first-order valence-electron chi connectivity index (χ1n) is 7.45. The van der Waals surface area contributed by atoms with Gasteiger partial charge in [-0.1, -0.05) is 12.1 Å². The van der Waals surface area contributed by atoms with Gasteiger partial charge in [0.1, 0.15) is 5.60 Å². The molecule has 0 aliphatic carbocycles. The first-order valence-corrected chi connectivity index (χ1v) is 7.45. The fourth-order valence-corrected chi connectivity index (χ4v) is 2.37. The van der Waals surface area contributed by atoms with Crippen molar-refractivity contribution in [3.8, 4) is 0 Å². The van der Waals surface area contributed by atoms with Crippen LogP contribution in [0.2, 0.25) is 0 Å². The topological polar surface area (TPSA) is 41.6 Å². The number of nitrogens with one attached hydrogen (secondary N) is 1. The smallest absolute Gasteiger partial charge is 0.416 e. The number of alkyl halides is 3. The highest BCUT2D eigenvalue weighted by Crippen LogP contribution is 2.30. The standard InChI is InChI=1S/C16H21F3N2O2/c1-15(2,3)23-14(22)21-9-8-20-13(10-21)11-4-6-12(7-5-11)16(17,18)19/h4-7,13,20H,8-10H2,1-3H3. The number of carbonyl (C=O) groups excluding carboxylic acids is 1. The lowest BCUT2D eigenvalue weighted by Gasteiger charge is -2.35. The third-order valence-electron chi connectivity index (χ3n) is 3.47. The third kappa shape index (κ3) is 4.86. The first-order chi connectivity index (χ1) is 10.6. The number of nitrogens with zero attached hydrogens (tertiary/aromatic N) is 1. The van der Waals surface area contributed by atoms with E-state index in [9.17, 15) is 18.0 Å². The van der Waals surface area contributed by atoms with E-state index < -0.39 is 23.4 Å². The van der Waals surface area contributed by atoms with Crippen molar-refractivity contribution in [2.45, 2.75) is 38.6 Å². The molecule has 7 heteroatoms. The van der Waals surface area contributed by atoms with Gasteiger partial charge in [0.15, 0.2) is 0 Å². The van der Waals surface area contributed by atoms with E-state index in [1.165, 1.54) is 12.1 Å². The monoisotopic (exact) mass is 330 g/mol. The van der Waals surface area contributed by atoms with Crippen LogP contribution < -0.4 is 5.32 Å². The molecule has 0 radical (unpaired) electrons. The Hall–Kier alpha value is -1.76. The van der Waals surface area contributed by atoms with E-state index in [1.807, 2.05) is 0 Å². The molecular weight excluding hydrogens is 309 g/mol. The molecule has 0 aromatic heterocycles. The summed E-state index contributed by atoms with van der Waals surface area (Å²) in [5.41, 5.74) is -0.543. The Morgan fingerprint density at radius 1 is 1.22 bits per heavy atom. The SMILES string of the molecule is CC(C)(C)OC(=O)N1CCNC(c2ccc(C(F)(F)F)cc2)C1. The Kier molecular flexibility index (Phi) is 4.89. The number of piperazine rings is 1. The number of hydrogen-bond acceptors (Lipinski definition) is 3. The van der Waals surface area contributed by atoms with E-state index in [0.717, 1.165) is 12.1 Å². The maximum absolute atomic E-state index is 12.6. The van der Waals surface area contributed by atoms with Gasteiger partial charge < -0.3 is 15.0 Å². The van der Waals surface area contributed by atoms with Crippen LogP contribution in [0.3, 0.4) is 0 Å². The molecule has 1 aliphatic rings. The molecule has 0 bridgehead atoms. The van der Waals surface area contributed by atoms with Crippen molar-refractivity contribution < 1.29 is 22.7 Å². The number of ether oxygens (including phenoxy) is 1. The number of amides is 1. The summed E-state index contributed by atoms with van der Waals surface area (Å²) in [5, 5.41) is 3.21. The first kappa shape index (κ1) is 17.6. The van der Waals surface area contributed by atoms with Crippen molar-refractivity contribution in [1.29, 1.82) is 0 Å². The molecular formula is C16H21F3N2O2. The van der Waals surface area contributed by atoms with Crippen molar-refractivity contribution in [3.63, 3.8) is 0 Å². The highest BCUT2D eigenvalue weighted by Gasteiger charge is 2.31. The summed E-state index contributed by atoms with van der Waals surface area (Å²) in [6, 6.07) is 4.80. The Morgan fingerprint density at radius 3 is 2.35 bits per heavy atom. The van der Waals surface area contributed by atoms with E-state index in [-0.39, 0.29) is 6.04 Å². The quantitative estimate of drug-likeness (QED) is 0.856. The molecule has 4 nitrogen and oxygen atoms in total. The summed E-state index contributed by atoms with van der Waals surface area (Å²) < 4.78 is 43.1. The van der Waals surface area contributed by atoms with Crippen LogP contribution in [0.25, 0.3) is 0 Å². The van der Waals surface area contributed by atoms with Gasteiger partial charge in [0.2, 0.25) is 0 Å². The van der Waals surface area contributed by atoms with Crippen molar-refractivity contribution in [2.75, 3.05) is 19.6 Å². The average Bonchev–Trinajstić information content (AvgIpc) is 2.45. The van der Waals surface area contributed by atoms with Crippen LogP contribution in [-0.2, 0) is 10.9 Å². The van der Waals surface area contributed by atoms with Crippen molar-refractivity contribution in [3.05, 3.63) is 35.4 Å². The molecule has 128 valence electrons. The summed E-state index contributed by atoms with van der Waals surface area (Å²) in [7, 11) is 0. The van der Waals surface area contributed by atoms with Crippen LogP contribution in [-0.4, -0.2) is 36.2 Å². The maximum Gasteiger partial charge on any atom is 0.416 e. The molecule has 0 spiro atoms. The van der Waals surface area contributed by atoms with Gasteiger partial charge in [0, 0.05) is 19.6 Å². The van der Waals surface area contributed by atoms with Crippen molar-refractivity contribution >= 4 is 6.09 Å². The zero-order valence-corrected chi connectivity index (χ0v) is 13.4. The van der Waals surface area contributed by atoms with E-state index >= 15 is 0 Å². The van der Waals surface area contributed by atoms with Crippen molar-refractivity contribution in [1.82, 2.24) is 10.2 Å². The van der Waals surface area contributed by atoms with E-state index in [4.69, 9.17) is 4.74 Å². The van der Waals surface area contributed by atoms with Crippen LogP contribution in [0.5, 0.6) is 0 Å². The van der Waals surface area contributed by atoms with Gasteiger partial charge in [-0.05, 0) is 38.5 Å². The minimum atomic E-state index is -4.35. The van der Waals surface area contributed by atoms with Crippen LogP contribution in [0.15, 0.2) is 24.3 Å². The molecule has 0 saturated carbocycles. The van der Waals surface area contributed by atoms with Crippen molar-refractivity contribution in [2.24, 2.45) is 0 Å². The molecule has 1 amide bonds. The van der Waals surface area contributed by atoms with Gasteiger partial charge >= 0.3 is 12.3 Å². The molecule has 1 aromatic carbocycles. The highest BCUT2D eigenvalue weighted by molar-refractivity contribution is 5.68. The minimum absolute atomic E-state index is 0.210. The second-order valence-corrected chi connectivity index (χ2v) is 6.55. The van der Waals surface area contributed by atoms with E-state index in [0.29, 0.717) is 25.2 Å². The number of benzene rings is 1. The summed E-state index contributed by atoms with van der Waals surface area (Å²) in [5.74, 6) is 0. The van der Waals surface area contributed by atoms with Gasteiger partial charge in [-0.2, -0.15) is 13.2 Å². The lowest BCUT2D eigenvalue weighted by molar-refractivity contribution is -0.137. The molecule has 1 heterocycles. The summed E-state index contributed by atoms with van der Waals surface area (Å²) in [6.45, 7) is 6.80. The van der Waals surface area contributed by atoms with Crippen LogP contribution in [0.1, 0.15) is 37.9 Å². The second-order valence-electron chi connectivity index (χ2n) is 6.55. The highest BCUT2D eigenvalue weighted by atomic mass is 19.4. The van der Waals surface area contributed by atoms with Crippen LogP contribution >= 0.6 is 0 Å². The van der Waals surface area contributed by atoms with Gasteiger partial charge in [-0.3, -0.25) is 0 Å². The zero-order chi connectivity index (χ0) is 17.3. The fraction of sp³-hybridized carbons (Fsp3) is 0.562. The molecule has 1 atom stereocenters. The van der Waals surface area contributed by atoms with Gasteiger partial charge in [-0.15, -0.1) is 0 Å². The molecule has 1 aromatic rings. The molecule has 1 saturated heterocycles. The lowest BCUT2D eigenvalue weighted by Crippen LogP contribution is -2.49. The lowest BCUT2D eigenvalue weighted by atomic mass is 10.0. The Labute approximate surface area is 133 Å². The Balaban J connectivity index is 2.05. The maximum atomic E-state index is 12.6. The molecule has 1 unspecified atom stereocenters. The number of rotatable bonds is 1. The Morgan fingerprint density at radius 2 is 1.83 bits per heavy atom. The third-order valence-corrected chi connectivity index (χ3v) is 3.47. The Bertz CT molecular complexity index is 550. The summed E-state index contributed by atoms with van der Waals surface area (Å²) in [4.78, 5) is 13.7. The van der Waals surface area contributed by atoms with Crippen LogP contribution in [0, 0.1) is 0 Å². The normalized spacial score (nSPS) is 19.6. The van der Waals surface area contributed by atoms with E-state index in [2.05, 4.69) is 5.32 Å². The summed E-state index contributed by atoms with van der Waals surface area (Å²) in [6.07, 6.45) is -4.75. The van der Waals surface area contributed by atoms with Gasteiger partial charge in [-0.25, -0.2) is 4.79 Å². The largest absolute Gasteiger partial charge is 0.444 e.